The van der Waals surface area contributed by atoms with Crippen LogP contribution in [-0.4, -0.2) is 26.0 Å². The first kappa shape index (κ1) is 14.1. The molecule has 0 amide bonds. The summed E-state index contributed by atoms with van der Waals surface area (Å²) >= 11 is 1.15. The molecular weight excluding hydrogens is 262 g/mol. The molecule has 2 N–H and O–H groups in total. The summed E-state index contributed by atoms with van der Waals surface area (Å²) in [7, 11) is -3.41. The smallest absolute Gasteiger partial charge is 0.306 e. The maximum Gasteiger partial charge on any atom is 0.306 e. The minimum absolute atomic E-state index is 0.262. The first-order valence-electron chi connectivity index (χ1n) is 5.19. The molecule has 0 aliphatic heterocycles. The van der Waals surface area contributed by atoms with E-state index in [0.717, 1.165) is 11.3 Å². The first-order valence-corrected chi connectivity index (χ1v) is 7.56. The summed E-state index contributed by atoms with van der Waals surface area (Å²) in [4.78, 5) is 10.5. The van der Waals surface area contributed by atoms with Gasteiger partial charge in [-0.3, -0.25) is 4.79 Å². The number of rotatable bonds is 7. The van der Waals surface area contributed by atoms with Crippen molar-refractivity contribution in [3.63, 3.8) is 0 Å². The summed E-state index contributed by atoms with van der Waals surface area (Å²) in [6.07, 6.45) is 0.973. The van der Waals surface area contributed by atoms with E-state index in [1.54, 1.807) is 18.4 Å². The minimum Gasteiger partial charge on any atom is -0.481 e. The van der Waals surface area contributed by atoms with Gasteiger partial charge in [0.25, 0.3) is 0 Å². The van der Waals surface area contributed by atoms with Crippen LogP contribution < -0.4 is 4.72 Å². The molecule has 1 atom stereocenters. The Balaban J connectivity index is 2.35. The number of nitrogens with one attached hydrogen (secondary N) is 1. The van der Waals surface area contributed by atoms with Gasteiger partial charge in [0, 0.05) is 6.54 Å². The second-order valence-corrected chi connectivity index (χ2v) is 6.65. The van der Waals surface area contributed by atoms with Crippen LogP contribution in [0.3, 0.4) is 0 Å². The Morgan fingerprint density at radius 3 is 2.82 bits per heavy atom. The Hall–Kier alpha value is -0.920. The third-order valence-electron chi connectivity index (χ3n) is 2.29. The molecule has 0 aliphatic carbocycles. The zero-order valence-electron chi connectivity index (χ0n) is 9.42. The van der Waals surface area contributed by atoms with Crippen molar-refractivity contribution in [3.05, 3.63) is 17.5 Å². The van der Waals surface area contributed by atoms with Gasteiger partial charge in [-0.25, -0.2) is 13.1 Å². The molecule has 96 valence electrons. The monoisotopic (exact) mass is 277 g/mol. The Bertz CT molecular complexity index is 453. The highest BCUT2D eigenvalue weighted by molar-refractivity contribution is 7.91. The number of hydrogen-bond acceptors (Lipinski definition) is 4. The van der Waals surface area contributed by atoms with Gasteiger partial charge >= 0.3 is 5.97 Å². The Labute approximate surface area is 105 Å². The quantitative estimate of drug-likeness (QED) is 0.740. The van der Waals surface area contributed by atoms with Crippen molar-refractivity contribution < 1.29 is 18.3 Å². The number of hydrogen-bond donors (Lipinski definition) is 2. The van der Waals surface area contributed by atoms with E-state index < -0.39 is 21.9 Å². The molecule has 0 saturated carbocycles. The normalized spacial score (nSPS) is 13.5. The molecule has 0 aromatic carbocycles. The summed E-state index contributed by atoms with van der Waals surface area (Å²) in [6, 6.07) is 3.21. The third kappa shape index (κ3) is 4.45. The van der Waals surface area contributed by atoms with E-state index in [4.69, 9.17) is 5.11 Å². The van der Waals surface area contributed by atoms with Gasteiger partial charge in [-0.15, -0.1) is 11.3 Å². The number of carboxylic acids is 1. The fraction of sp³-hybridized carbons (Fsp3) is 0.500. The molecule has 1 aromatic rings. The molecule has 1 heterocycles. The Morgan fingerprint density at radius 1 is 1.59 bits per heavy atom. The lowest BCUT2D eigenvalue weighted by Crippen LogP contribution is -2.24. The fourth-order valence-corrected chi connectivity index (χ4v) is 3.34. The van der Waals surface area contributed by atoms with Crippen LogP contribution in [0.5, 0.6) is 0 Å². The molecule has 5 nitrogen and oxygen atoms in total. The lowest BCUT2D eigenvalue weighted by Gasteiger charge is -2.07. The zero-order chi connectivity index (χ0) is 12.9. The summed E-state index contributed by atoms with van der Waals surface area (Å²) in [5.74, 6) is -1.30. The van der Waals surface area contributed by atoms with Crippen molar-refractivity contribution in [2.24, 2.45) is 5.92 Å². The van der Waals surface area contributed by atoms with E-state index in [-0.39, 0.29) is 10.8 Å². The van der Waals surface area contributed by atoms with Crippen LogP contribution >= 0.6 is 11.3 Å². The molecule has 7 heteroatoms. The molecule has 17 heavy (non-hydrogen) atoms. The molecule has 1 aromatic heterocycles. The van der Waals surface area contributed by atoms with E-state index >= 15 is 0 Å². The zero-order valence-corrected chi connectivity index (χ0v) is 11.1. The van der Waals surface area contributed by atoms with Gasteiger partial charge in [-0.1, -0.05) is 13.0 Å². The lowest BCUT2D eigenvalue weighted by molar-refractivity contribution is -0.141. The lowest BCUT2D eigenvalue weighted by atomic mass is 10.1. The second-order valence-electron chi connectivity index (χ2n) is 3.71. The fourth-order valence-electron chi connectivity index (χ4n) is 1.23. The largest absolute Gasteiger partial charge is 0.481 e. The van der Waals surface area contributed by atoms with E-state index in [0.29, 0.717) is 12.8 Å². The van der Waals surface area contributed by atoms with Gasteiger partial charge in [0.2, 0.25) is 10.0 Å². The SMILES string of the molecule is CC(CCCNS(=O)(=O)c1cccs1)C(=O)O. The Kier molecular flexibility index (Phi) is 5.10. The first-order chi connectivity index (χ1) is 7.93. The van der Waals surface area contributed by atoms with Gasteiger partial charge in [-0.05, 0) is 24.3 Å². The van der Waals surface area contributed by atoms with Crippen molar-refractivity contribution in [1.82, 2.24) is 4.72 Å². The number of carbonyl (C=O) groups is 1. The van der Waals surface area contributed by atoms with Crippen molar-refractivity contribution in [3.8, 4) is 0 Å². The highest BCUT2D eigenvalue weighted by atomic mass is 32.2. The second kappa shape index (κ2) is 6.13. The summed E-state index contributed by atoms with van der Waals surface area (Å²) in [5, 5.41) is 10.3. The van der Waals surface area contributed by atoms with E-state index in [9.17, 15) is 13.2 Å². The Morgan fingerprint density at radius 2 is 2.29 bits per heavy atom. The maximum absolute atomic E-state index is 11.7. The highest BCUT2D eigenvalue weighted by Crippen LogP contribution is 2.15. The molecule has 0 bridgehead atoms. The highest BCUT2D eigenvalue weighted by Gasteiger charge is 2.15. The van der Waals surface area contributed by atoms with E-state index in [1.807, 2.05) is 0 Å². The summed E-state index contributed by atoms with van der Waals surface area (Å²) in [6.45, 7) is 1.87. The topological polar surface area (TPSA) is 83.5 Å². The van der Waals surface area contributed by atoms with E-state index in [2.05, 4.69) is 4.72 Å². The maximum atomic E-state index is 11.7. The predicted molar refractivity (Wildman–Crippen MR) is 65.5 cm³/mol. The summed E-state index contributed by atoms with van der Waals surface area (Å²) in [5.41, 5.74) is 0. The molecule has 1 unspecified atom stereocenters. The molecular formula is C10H15NO4S2. The van der Waals surface area contributed by atoms with Crippen LogP contribution in [0.15, 0.2) is 21.7 Å². The average Bonchev–Trinajstić information content (AvgIpc) is 2.77. The number of sulfonamides is 1. The molecule has 1 rings (SSSR count). The van der Waals surface area contributed by atoms with Crippen LogP contribution in [0.1, 0.15) is 19.8 Å². The summed E-state index contributed by atoms with van der Waals surface area (Å²) < 4.78 is 26.0. The number of aliphatic carboxylic acids is 1. The van der Waals surface area contributed by atoms with Crippen LogP contribution in [0, 0.1) is 5.92 Å². The van der Waals surface area contributed by atoms with Crippen LogP contribution in [-0.2, 0) is 14.8 Å². The molecule has 0 spiro atoms. The van der Waals surface area contributed by atoms with Gasteiger partial charge in [0.05, 0.1) is 5.92 Å². The molecule has 0 aliphatic rings. The molecule has 0 fully saturated rings. The molecule has 0 saturated heterocycles. The van der Waals surface area contributed by atoms with Gasteiger partial charge in [0.15, 0.2) is 0 Å². The van der Waals surface area contributed by atoms with E-state index in [1.165, 1.54) is 6.07 Å². The van der Waals surface area contributed by atoms with Crippen LogP contribution in [0.2, 0.25) is 0 Å². The minimum atomic E-state index is -3.41. The predicted octanol–water partition coefficient (Wildman–Crippen LogP) is 1.53. The number of carboxylic acid groups (broad SMARTS) is 1. The van der Waals surface area contributed by atoms with Crippen molar-refractivity contribution in [1.29, 1.82) is 0 Å². The average molecular weight is 277 g/mol. The van der Waals surface area contributed by atoms with Crippen molar-refractivity contribution in [2.75, 3.05) is 6.54 Å². The number of thiophene rings is 1. The van der Waals surface area contributed by atoms with Crippen LogP contribution in [0.25, 0.3) is 0 Å². The van der Waals surface area contributed by atoms with Gasteiger partial charge < -0.3 is 5.11 Å². The third-order valence-corrected chi connectivity index (χ3v) is 5.15. The molecule has 0 radical (unpaired) electrons. The van der Waals surface area contributed by atoms with Crippen molar-refractivity contribution in [2.45, 2.75) is 24.0 Å². The van der Waals surface area contributed by atoms with Gasteiger partial charge in [-0.2, -0.15) is 0 Å². The van der Waals surface area contributed by atoms with Crippen LogP contribution in [0.4, 0.5) is 0 Å². The standard InChI is InChI=1S/C10H15NO4S2/c1-8(10(12)13)4-2-6-11-17(14,15)9-5-3-7-16-9/h3,5,7-8,11H,2,4,6H2,1H3,(H,12,13). The van der Waals surface area contributed by atoms with Gasteiger partial charge in [0.1, 0.15) is 4.21 Å². The van der Waals surface area contributed by atoms with Crippen molar-refractivity contribution >= 4 is 27.3 Å².